The lowest BCUT2D eigenvalue weighted by atomic mass is 9.95. The summed E-state index contributed by atoms with van der Waals surface area (Å²) in [7, 11) is 0. The number of pyridine rings is 1. The fourth-order valence-electron chi connectivity index (χ4n) is 3.31. The molecule has 1 aromatic heterocycles. The Bertz CT molecular complexity index is 974. The number of ether oxygens (including phenoxy) is 2. The molecule has 0 saturated heterocycles. The number of rotatable bonds is 4. The van der Waals surface area contributed by atoms with E-state index in [0.717, 1.165) is 22.3 Å². The van der Waals surface area contributed by atoms with E-state index in [9.17, 15) is 9.90 Å². The minimum atomic E-state index is -0.977. The van der Waals surface area contributed by atoms with Gasteiger partial charge in [0.25, 0.3) is 0 Å². The summed E-state index contributed by atoms with van der Waals surface area (Å²) in [4.78, 5) is 15.6. The molecule has 0 fully saturated rings. The van der Waals surface area contributed by atoms with Crippen molar-refractivity contribution in [1.82, 2.24) is 4.98 Å². The van der Waals surface area contributed by atoms with Crippen molar-refractivity contribution in [2.24, 2.45) is 0 Å². The molecule has 0 radical (unpaired) electrons. The van der Waals surface area contributed by atoms with Gasteiger partial charge in [0.1, 0.15) is 18.5 Å². The fourth-order valence-corrected chi connectivity index (χ4v) is 3.31. The number of hydrogen-bond donors (Lipinski definition) is 1. The standard InChI is InChI=1S/C22H19NO4.H2O/c1-14(16-6-4-10-23-12-16)27-21-18-7-3-2-5-17(18)13-26-20-9-8-15(22(24)25)11-19(20)21;/h2-12,14,21H,13H2,1H3,(H,24,25);1H2. The quantitative estimate of drug-likeness (QED) is 0.745. The zero-order valence-corrected chi connectivity index (χ0v) is 15.3. The third-order valence-electron chi connectivity index (χ3n) is 4.75. The lowest BCUT2D eigenvalue weighted by Gasteiger charge is -2.24. The van der Waals surface area contributed by atoms with Crippen molar-refractivity contribution in [3.8, 4) is 5.75 Å². The van der Waals surface area contributed by atoms with E-state index >= 15 is 0 Å². The molecule has 1 aliphatic heterocycles. The lowest BCUT2D eigenvalue weighted by Crippen LogP contribution is -2.11. The highest BCUT2D eigenvalue weighted by molar-refractivity contribution is 5.88. The molecule has 0 aliphatic carbocycles. The summed E-state index contributed by atoms with van der Waals surface area (Å²) in [5.41, 5.74) is 3.88. The van der Waals surface area contributed by atoms with Gasteiger partial charge in [-0.15, -0.1) is 0 Å². The number of aromatic nitrogens is 1. The Kier molecular flexibility index (Phi) is 5.73. The third kappa shape index (κ3) is 3.74. The Balaban J connectivity index is 0.00000225. The van der Waals surface area contributed by atoms with Crippen LogP contribution in [-0.2, 0) is 11.3 Å². The Morgan fingerprint density at radius 1 is 1.18 bits per heavy atom. The van der Waals surface area contributed by atoms with Gasteiger partial charge < -0.3 is 20.1 Å². The highest BCUT2D eigenvalue weighted by Gasteiger charge is 2.28. The molecule has 6 nitrogen and oxygen atoms in total. The van der Waals surface area contributed by atoms with Gasteiger partial charge in [0.2, 0.25) is 0 Å². The predicted molar refractivity (Wildman–Crippen MR) is 103 cm³/mol. The van der Waals surface area contributed by atoms with E-state index in [1.54, 1.807) is 30.6 Å². The molecule has 3 N–H and O–H groups in total. The van der Waals surface area contributed by atoms with E-state index in [2.05, 4.69) is 4.98 Å². The van der Waals surface area contributed by atoms with E-state index in [1.165, 1.54) is 0 Å². The fraction of sp³-hybridized carbons (Fsp3) is 0.182. The molecule has 6 heteroatoms. The van der Waals surface area contributed by atoms with Crippen molar-refractivity contribution in [1.29, 1.82) is 0 Å². The molecule has 144 valence electrons. The number of benzene rings is 2. The van der Waals surface area contributed by atoms with Crippen LogP contribution in [0.1, 0.15) is 51.7 Å². The Labute approximate surface area is 162 Å². The molecule has 2 aromatic carbocycles. The summed E-state index contributed by atoms with van der Waals surface area (Å²) in [6, 6.07) is 16.7. The molecule has 28 heavy (non-hydrogen) atoms. The van der Waals surface area contributed by atoms with Crippen LogP contribution in [0.2, 0.25) is 0 Å². The van der Waals surface area contributed by atoms with Gasteiger partial charge in [-0.1, -0.05) is 30.3 Å². The second-order valence-corrected chi connectivity index (χ2v) is 6.49. The summed E-state index contributed by atoms with van der Waals surface area (Å²) in [5.74, 6) is -0.339. The first-order valence-electron chi connectivity index (χ1n) is 8.76. The molecular weight excluding hydrogens is 358 g/mol. The SMILES string of the molecule is CC(OC1c2ccccc2COc2ccc(C(=O)O)cc21)c1cccnc1.O. The first-order chi connectivity index (χ1) is 13.1. The summed E-state index contributed by atoms with van der Waals surface area (Å²) < 4.78 is 12.4. The zero-order valence-electron chi connectivity index (χ0n) is 15.3. The van der Waals surface area contributed by atoms with Gasteiger partial charge in [-0.2, -0.15) is 0 Å². The smallest absolute Gasteiger partial charge is 0.335 e. The van der Waals surface area contributed by atoms with Gasteiger partial charge in [0.15, 0.2) is 0 Å². The number of aromatic carboxylic acids is 1. The third-order valence-corrected chi connectivity index (χ3v) is 4.75. The molecule has 2 atom stereocenters. The van der Waals surface area contributed by atoms with E-state index in [0.29, 0.717) is 12.4 Å². The van der Waals surface area contributed by atoms with Crippen LogP contribution in [-0.4, -0.2) is 21.5 Å². The summed E-state index contributed by atoms with van der Waals surface area (Å²) in [6.07, 6.45) is 2.84. The number of carboxylic acids is 1. The predicted octanol–water partition coefficient (Wildman–Crippen LogP) is 3.71. The minimum absolute atomic E-state index is 0. The summed E-state index contributed by atoms with van der Waals surface area (Å²) >= 11 is 0. The minimum Gasteiger partial charge on any atom is -0.488 e. The molecule has 3 aromatic rings. The van der Waals surface area contributed by atoms with Gasteiger partial charge >= 0.3 is 5.97 Å². The van der Waals surface area contributed by atoms with Crippen molar-refractivity contribution in [3.63, 3.8) is 0 Å². The van der Waals surface area contributed by atoms with Crippen molar-refractivity contribution in [3.05, 3.63) is 94.8 Å². The van der Waals surface area contributed by atoms with Crippen LogP contribution in [0, 0.1) is 0 Å². The topological polar surface area (TPSA) is 100 Å². The molecule has 4 rings (SSSR count). The van der Waals surface area contributed by atoms with Gasteiger partial charge in [-0.05, 0) is 47.9 Å². The summed E-state index contributed by atoms with van der Waals surface area (Å²) in [5, 5.41) is 9.41. The monoisotopic (exact) mass is 379 g/mol. The summed E-state index contributed by atoms with van der Waals surface area (Å²) in [6.45, 7) is 2.38. The first kappa shape index (κ1) is 19.5. The average Bonchev–Trinajstić information content (AvgIpc) is 2.85. The van der Waals surface area contributed by atoms with Gasteiger partial charge in [-0.25, -0.2) is 4.79 Å². The van der Waals surface area contributed by atoms with Crippen LogP contribution in [0.25, 0.3) is 0 Å². The largest absolute Gasteiger partial charge is 0.488 e. The van der Waals surface area contributed by atoms with Gasteiger partial charge in [-0.3, -0.25) is 4.98 Å². The normalized spacial score (nSPS) is 15.8. The molecule has 0 bridgehead atoms. The Morgan fingerprint density at radius 3 is 2.75 bits per heavy atom. The van der Waals surface area contributed by atoms with Crippen LogP contribution in [0.15, 0.2) is 67.0 Å². The first-order valence-corrected chi connectivity index (χ1v) is 8.76. The average molecular weight is 379 g/mol. The molecular formula is C22H21NO5. The molecule has 2 unspecified atom stereocenters. The van der Waals surface area contributed by atoms with Crippen LogP contribution in [0.4, 0.5) is 0 Å². The van der Waals surface area contributed by atoms with Crippen molar-refractivity contribution in [2.75, 3.05) is 0 Å². The highest BCUT2D eigenvalue weighted by Crippen LogP contribution is 2.41. The molecule has 2 heterocycles. The van der Waals surface area contributed by atoms with Crippen LogP contribution < -0.4 is 4.74 Å². The zero-order chi connectivity index (χ0) is 18.8. The van der Waals surface area contributed by atoms with Crippen molar-refractivity contribution in [2.45, 2.75) is 25.7 Å². The van der Waals surface area contributed by atoms with Crippen LogP contribution in [0.3, 0.4) is 0 Å². The number of carboxylic acid groups (broad SMARTS) is 1. The molecule has 1 aliphatic rings. The molecule has 0 spiro atoms. The van der Waals surface area contributed by atoms with Gasteiger partial charge in [0.05, 0.1) is 11.7 Å². The van der Waals surface area contributed by atoms with E-state index in [4.69, 9.17) is 9.47 Å². The highest BCUT2D eigenvalue weighted by atomic mass is 16.5. The second-order valence-electron chi connectivity index (χ2n) is 6.49. The Hall–Kier alpha value is -3.22. The van der Waals surface area contributed by atoms with Gasteiger partial charge in [0, 0.05) is 18.0 Å². The maximum absolute atomic E-state index is 11.5. The van der Waals surface area contributed by atoms with E-state index in [1.807, 2.05) is 43.3 Å². The van der Waals surface area contributed by atoms with E-state index < -0.39 is 12.1 Å². The van der Waals surface area contributed by atoms with Crippen LogP contribution in [0.5, 0.6) is 5.75 Å². The molecule has 0 amide bonds. The lowest BCUT2D eigenvalue weighted by molar-refractivity contribution is 0.0176. The number of hydrogen-bond acceptors (Lipinski definition) is 4. The number of fused-ring (bicyclic) bond motifs is 2. The second kappa shape index (κ2) is 8.21. The molecule has 0 saturated carbocycles. The Morgan fingerprint density at radius 2 is 2.00 bits per heavy atom. The van der Waals surface area contributed by atoms with Crippen molar-refractivity contribution < 1.29 is 24.9 Å². The number of nitrogens with zero attached hydrogens (tertiary/aromatic N) is 1. The maximum Gasteiger partial charge on any atom is 0.335 e. The maximum atomic E-state index is 11.5. The van der Waals surface area contributed by atoms with E-state index in [-0.39, 0.29) is 17.1 Å². The van der Waals surface area contributed by atoms with Crippen molar-refractivity contribution >= 4 is 5.97 Å². The van der Waals surface area contributed by atoms with Crippen LogP contribution >= 0.6 is 0 Å². The number of carbonyl (C=O) groups is 1.